The van der Waals surface area contributed by atoms with Crippen LogP contribution in [0.5, 0.6) is 5.75 Å². The molecule has 0 heterocycles. The number of benzene rings is 3. The van der Waals surface area contributed by atoms with Crippen molar-refractivity contribution in [3.05, 3.63) is 87.4 Å². The Hall–Kier alpha value is -3.03. The maximum atomic E-state index is 12.6. The van der Waals surface area contributed by atoms with Gasteiger partial charge in [0.2, 0.25) is 0 Å². The van der Waals surface area contributed by atoms with Gasteiger partial charge in [-0.2, -0.15) is 0 Å². The first-order chi connectivity index (χ1) is 13.5. The fourth-order valence-corrected chi connectivity index (χ4v) is 3.47. The highest BCUT2D eigenvalue weighted by atomic mass is 35.5. The monoisotopic (exact) mass is 414 g/mol. The maximum absolute atomic E-state index is 12.6. The maximum Gasteiger partial charge on any atom is 0.269 e. The van der Waals surface area contributed by atoms with Crippen LogP contribution in [0.15, 0.2) is 76.5 Å². The van der Waals surface area contributed by atoms with Crippen LogP contribution in [0.1, 0.15) is 10.4 Å². The number of nitrogens with zero attached hydrogens (tertiary/aromatic N) is 1. The van der Waals surface area contributed by atoms with E-state index >= 15 is 0 Å². The summed E-state index contributed by atoms with van der Waals surface area (Å²) >= 11 is 7.35. The van der Waals surface area contributed by atoms with Gasteiger partial charge in [-0.15, -0.1) is 0 Å². The van der Waals surface area contributed by atoms with Crippen molar-refractivity contribution in [3.8, 4) is 5.75 Å². The van der Waals surface area contributed by atoms with E-state index in [1.54, 1.807) is 48.5 Å². The molecule has 0 unspecified atom stereocenters. The Labute approximate surface area is 170 Å². The molecule has 6 nitrogen and oxygen atoms in total. The van der Waals surface area contributed by atoms with Gasteiger partial charge in [-0.25, -0.2) is 0 Å². The van der Waals surface area contributed by atoms with Crippen molar-refractivity contribution in [2.45, 2.75) is 9.79 Å². The third-order valence-corrected chi connectivity index (χ3v) is 5.02. The van der Waals surface area contributed by atoms with Gasteiger partial charge in [0.1, 0.15) is 5.75 Å². The van der Waals surface area contributed by atoms with Crippen molar-refractivity contribution in [2.24, 2.45) is 0 Å². The Bertz CT molecular complexity index is 1020. The fourth-order valence-electron chi connectivity index (χ4n) is 2.44. The highest BCUT2D eigenvalue weighted by molar-refractivity contribution is 7.99. The topological polar surface area (TPSA) is 81.5 Å². The number of nitro benzene ring substituents is 1. The Balaban J connectivity index is 1.75. The predicted octanol–water partition coefficient (Wildman–Crippen LogP) is 5.66. The average Bonchev–Trinajstić information content (AvgIpc) is 2.70. The van der Waals surface area contributed by atoms with Crippen LogP contribution in [0.25, 0.3) is 0 Å². The molecule has 0 aromatic heterocycles. The lowest BCUT2D eigenvalue weighted by Gasteiger charge is -2.11. The van der Waals surface area contributed by atoms with Crippen molar-refractivity contribution in [2.75, 3.05) is 12.4 Å². The quantitative estimate of drug-likeness (QED) is 0.415. The van der Waals surface area contributed by atoms with Crippen LogP contribution in [-0.2, 0) is 0 Å². The summed E-state index contributed by atoms with van der Waals surface area (Å²) in [6.07, 6.45) is 0. The molecule has 0 spiro atoms. The largest absolute Gasteiger partial charge is 0.495 e. The number of amides is 1. The van der Waals surface area contributed by atoms with Crippen LogP contribution in [0.2, 0.25) is 5.02 Å². The second-order valence-electron chi connectivity index (χ2n) is 5.68. The lowest BCUT2D eigenvalue weighted by atomic mass is 10.2. The molecule has 3 aromatic rings. The van der Waals surface area contributed by atoms with E-state index in [2.05, 4.69) is 5.32 Å². The summed E-state index contributed by atoms with van der Waals surface area (Å²) in [5, 5.41) is 14.1. The molecule has 1 amide bonds. The van der Waals surface area contributed by atoms with Crippen LogP contribution in [0, 0.1) is 10.1 Å². The normalized spacial score (nSPS) is 10.4. The molecule has 0 aliphatic rings. The van der Waals surface area contributed by atoms with Crippen molar-refractivity contribution < 1.29 is 14.5 Å². The number of rotatable bonds is 6. The average molecular weight is 415 g/mol. The van der Waals surface area contributed by atoms with Crippen LogP contribution in [0.3, 0.4) is 0 Å². The Morgan fingerprint density at radius 1 is 1.07 bits per heavy atom. The first-order valence-corrected chi connectivity index (χ1v) is 9.33. The molecule has 0 bridgehead atoms. The molecule has 0 aliphatic carbocycles. The highest BCUT2D eigenvalue weighted by Gasteiger charge is 2.12. The number of ether oxygens (including phenoxy) is 1. The summed E-state index contributed by atoms with van der Waals surface area (Å²) in [6.45, 7) is 0. The minimum Gasteiger partial charge on any atom is -0.495 e. The Kier molecular flexibility index (Phi) is 6.18. The van der Waals surface area contributed by atoms with E-state index in [4.69, 9.17) is 16.3 Å². The van der Waals surface area contributed by atoms with Crippen molar-refractivity contribution in [3.63, 3.8) is 0 Å². The number of carbonyl (C=O) groups is 1. The van der Waals surface area contributed by atoms with Crippen LogP contribution in [0.4, 0.5) is 11.4 Å². The zero-order chi connectivity index (χ0) is 20.1. The van der Waals surface area contributed by atoms with Gasteiger partial charge >= 0.3 is 0 Å². The minimum absolute atomic E-state index is 0.0365. The summed E-state index contributed by atoms with van der Waals surface area (Å²) in [4.78, 5) is 24.6. The van der Waals surface area contributed by atoms with Crippen LogP contribution >= 0.6 is 23.4 Å². The predicted molar refractivity (Wildman–Crippen MR) is 110 cm³/mol. The molecule has 0 atom stereocenters. The van der Waals surface area contributed by atoms with Gasteiger partial charge in [-0.3, -0.25) is 14.9 Å². The van der Waals surface area contributed by atoms with E-state index in [1.165, 1.54) is 31.0 Å². The van der Waals surface area contributed by atoms with E-state index in [0.717, 1.165) is 9.79 Å². The van der Waals surface area contributed by atoms with Gasteiger partial charge in [0.15, 0.2) is 0 Å². The molecule has 3 rings (SSSR count). The molecule has 3 aromatic carbocycles. The molecule has 1 N–H and O–H groups in total. The van der Waals surface area contributed by atoms with Gasteiger partial charge in [-0.1, -0.05) is 29.4 Å². The first kappa shape index (κ1) is 19.7. The Morgan fingerprint density at radius 3 is 2.50 bits per heavy atom. The number of nitro groups is 1. The molecule has 0 saturated carbocycles. The SMILES string of the molecule is COc1cc(Cl)ccc1NC(=O)c1cccc(Sc2ccc([N+](=O)[O-])cc2)c1. The summed E-state index contributed by atoms with van der Waals surface area (Å²) in [5.41, 5.74) is 1.03. The lowest BCUT2D eigenvalue weighted by molar-refractivity contribution is -0.384. The molecule has 28 heavy (non-hydrogen) atoms. The van der Waals surface area contributed by atoms with Gasteiger partial charge in [0, 0.05) is 38.6 Å². The third kappa shape index (κ3) is 4.82. The number of carbonyl (C=O) groups excluding carboxylic acids is 1. The van der Waals surface area contributed by atoms with Gasteiger partial charge in [-0.05, 0) is 42.5 Å². The molecule has 0 radical (unpaired) electrons. The smallest absolute Gasteiger partial charge is 0.269 e. The standard InChI is InChI=1S/C20H15ClN2O4S/c1-27-19-12-14(21)5-10-18(19)22-20(24)13-3-2-4-17(11-13)28-16-8-6-15(7-9-16)23(25)26/h2-12H,1H3,(H,22,24). The van der Waals surface area contributed by atoms with E-state index in [1.807, 2.05) is 6.07 Å². The molecule has 8 heteroatoms. The molecular weight excluding hydrogens is 400 g/mol. The van der Waals surface area contributed by atoms with E-state index in [9.17, 15) is 14.9 Å². The van der Waals surface area contributed by atoms with E-state index in [0.29, 0.717) is 22.0 Å². The number of anilines is 1. The number of nitrogens with one attached hydrogen (secondary N) is 1. The van der Waals surface area contributed by atoms with Crippen LogP contribution < -0.4 is 10.1 Å². The fraction of sp³-hybridized carbons (Fsp3) is 0.0500. The molecule has 142 valence electrons. The second kappa shape index (κ2) is 8.77. The first-order valence-electron chi connectivity index (χ1n) is 8.13. The van der Waals surface area contributed by atoms with Crippen molar-refractivity contribution in [1.82, 2.24) is 0 Å². The molecule has 0 fully saturated rings. The van der Waals surface area contributed by atoms with Crippen molar-refractivity contribution >= 4 is 40.6 Å². The third-order valence-electron chi connectivity index (χ3n) is 3.79. The molecular formula is C20H15ClN2O4S. The zero-order valence-corrected chi connectivity index (χ0v) is 16.3. The number of methoxy groups -OCH3 is 1. The van der Waals surface area contributed by atoms with Crippen LogP contribution in [-0.4, -0.2) is 17.9 Å². The zero-order valence-electron chi connectivity index (χ0n) is 14.7. The summed E-state index contributed by atoms with van der Waals surface area (Å²) in [5.74, 6) is 0.184. The highest BCUT2D eigenvalue weighted by Crippen LogP contribution is 2.31. The molecule has 0 aliphatic heterocycles. The number of hydrogen-bond acceptors (Lipinski definition) is 5. The molecule has 0 saturated heterocycles. The van der Waals surface area contributed by atoms with Gasteiger partial charge in [0.05, 0.1) is 17.7 Å². The van der Waals surface area contributed by atoms with E-state index < -0.39 is 4.92 Å². The summed E-state index contributed by atoms with van der Waals surface area (Å²) in [6, 6.07) is 18.3. The number of non-ortho nitro benzene ring substituents is 1. The van der Waals surface area contributed by atoms with E-state index in [-0.39, 0.29) is 11.6 Å². The minimum atomic E-state index is -0.440. The number of halogens is 1. The van der Waals surface area contributed by atoms with Crippen molar-refractivity contribution in [1.29, 1.82) is 0 Å². The summed E-state index contributed by atoms with van der Waals surface area (Å²) < 4.78 is 5.24. The van der Waals surface area contributed by atoms with Gasteiger partial charge in [0.25, 0.3) is 11.6 Å². The lowest BCUT2D eigenvalue weighted by Crippen LogP contribution is -2.12. The Morgan fingerprint density at radius 2 is 1.82 bits per heavy atom. The second-order valence-corrected chi connectivity index (χ2v) is 7.26. The summed E-state index contributed by atoms with van der Waals surface area (Å²) in [7, 11) is 1.50. The van der Waals surface area contributed by atoms with Gasteiger partial charge < -0.3 is 10.1 Å². The number of hydrogen-bond donors (Lipinski definition) is 1.